The van der Waals surface area contributed by atoms with Gasteiger partial charge in [0.2, 0.25) is 0 Å². The molecule has 0 aromatic heterocycles. The minimum absolute atomic E-state index is 0.000278. The molecule has 0 saturated heterocycles. The van der Waals surface area contributed by atoms with Crippen LogP contribution in [0.25, 0.3) is 0 Å². The Labute approximate surface area is 165 Å². The average molecular weight is 371 g/mol. The van der Waals surface area contributed by atoms with Gasteiger partial charge in [0.15, 0.2) is 0 Å². The molecule has 2 heteroatoms. The molecule has 2 N–H and O–H groups in total. The largest absolute Gasteiger partial charge is 0.393 e. The molecule has 2 aliphatic carbocycles. The lowest BCUT2D eigenvalue weighted by Crippen LogP contribution is -2.41. The van der Waals surface area contributed by atoms with Gasteiger partial charge in [-0.25, -0.2) is 0 Å². The third-order valence-corrected chi connectivity index (χ3v) is 6.42. The molecule has 0 bridgehead atoms. The second-order valence-corrected chi connectivity index (χ2v) is 8.38. The van der Waals surface area contributed by atoms with E-state index in [0.29, 0.717) is 11.3 Å². The van der Waals surface area contributed by atoms with Gasteiger partial charge >= 0.3 is 0 Å². The van der Waals surface area contributed by atoms with E-state index in [1.807, 2.05) is 13.8 Å². The summed E-state index contributed by atoms with van der Waals surface area (Å²) in [5.41, 5.74) is 0.339. The first kappa shape index (κ1) is 25.9. The molecule has 158 valence electrons. The summed E-state index contributed by atoms with van der Waals surface area (Å²) in [7, 11) is 0. The minimum Gasteiger partial charge on any atom is -0.393 e. The molecule has 2 fully saturated rings. The monoisotopic (exact) mass is 370 g/mol. The molecule has 0 spiro atoms. The summed E-state index contributed by atoms with van der Waals surface area (Å²) in [5.74, 6) is 0.628. The van der Waals surface area contributed by atoms with Gasteiger partial charge in [0.05, 0.1) is 12.2 Å². The predicted molar refractivity (Wildman–Crippen MR) is 116 cm³/mol. The van der Waals surface area contributed by atoms with Crippen LogP contribution in [0.15, 0.2) is 0 Å². The van der Waals surface area contributed by atoms with Crippen LogP contribution in [0.1, 0.15) is 131 Å². The maximum Gasteiger partial charge on any atom is 0.0596 e. The third kappa shape index (κ3) is 9.22. The SMILES string of the molecule is CC.CCCC(O)C1CCCCC1.CCCCC1(C(O)CCC)CCC1. The van der Waals surface area contributed by atoms with Crippen molar-refractivity contribution in [1.82, 2.24) is 0 Å². The molecular formula is C24H50O2. The molecular weight excluding hydrogens is 320 g/mol. The number of hydrogen-bond acceptors (Lipinski definition) is 2. The number of unbranched alkanes of at least 4 members (excludes halogenated alkanes) is 1. The van der Waals surface area contributed by atoms with E-state index in [0.717, 1.165) is 25.7 Å². The summed E-state index contributed by atoms with van der Waals surface area (Å²) >= 11 is 0. The van der Waals surface area contributed by atoms with Gasteiger partial charge in [0, 0.05) is 0 Å². The van der Waals surface area contributed by atoms with Crippen molar-refractivity contribution in [2.45, 2.75) is 143 Å². The summed E-state index contributed by atoms with van der Waals surface area (Å²) in [6.45, 7) is 10.5. The van der Waals surface area contributed by atoms with E-state index in [1.165, 1.54) is 70.6 Å². The van der Waals surface area contributed by atoms with E-state index < -0.39 is 0 Å². The van der Waals surface area contributed by atoms with Crippen LogP contribution in [0, 0.1) is 11.3 Å². The molecule has 2 unspecified atom stereocenters. The Balaban J connectivity index is 0.000000444. The molecule has 2 saturated carbocycles. The fourth-order valence-corrected chi connectivity index (χ4v) is 4.54. The molecule has 0 amide bonds. The smallest absolute Gasteiger partial charge is 0.0596 e. The molecule has 2 nitrogen and oxygen atoms in total. The highest BCUT2D eigenvalue weighted by Gasteiger charge is 2.41. The van der Waals surface area contributed by atoms with Gasteiger partial charge in [-0.3, -0.25) is 0 Å². The van der Waals surface area contributed by atoms with Crippen molar-refractivity contribution in [1.29, 1.82) is 0 Å². The Bertz CT molecular complexity index is 293. The highest BCUT2D eigenvalue weighted by atomic mass is 16.3. The number of aliphatic hydroxyl groups excluding tert-OH is 2. The molecule has 0 aromatic carbocycles. The van der Waals surface area contributed by atoms with Gasteiger partial charge in [-0.05, 0) is 56.3 Å². The van der Waals surface area contributed by atoms with Crippen LogP contribution < -0.4 is 0 Å². The van der Waals surface area contributed by atoms with E-state index >= 15 is 0 Å². The summed E-state index contributed by atoms with van der Waals surface area (Å²) < 4.78 is 0. The third-order valence-electron chi connectivity index (χ3n) is 6.42. The first-order chi connectivity index (χ1) is 12.6. The van der Waals surface area contributed by atoms with Crippen molar-refractivity contribution in [2.75, 3.05) is 0 Å². The summed E-state index contributed by atoms with van der Waals surface area (Å²) in [5, 5.41) is 19.7. The molecule has 2 rings (SSSR count). The van der Waals surface area contributed by atoms with Gasteiger partial charge in [-0.15, -0.1) is 0 Å². The van der Waals surface area contributed by atoms with Crippen molar-refractivity contribution in [3.8, 4) is 0 Å². The predicted octanol–water partition coefficient (Wildman–Crippen LogP) is 7.26. The Morgan fingerprint density at radius 1 is 0.808 bits per heavy atom. The molecule has 0 aromatic rings. The molecule has 26 heavy (non-hydrogen) atoms. The lowest BCUT2D eigenvalue weighted by molar-refractivity contribution is -0.0470. The van der Waals surface area contributed by atoms with Crippen LogP contribution in [0.5, 0.6) is 0 Å². The quantitative estimate of drug-likeness (QED) is 0.448. The van der Waals surface area contributed by atoms with E-state index in [1.54, 1.807) is 0 Å². The first-order valence-electron chi connectivity index (χ1n) is 12.0. The van der Waals surface area contributed by atoms with E-state index in [4.69, 9.17) is 0 Å². The molecule has 2 aliphatic rings. The highest BCUT2D eigenvalue weighted by Crippen LogP contribution is 2.48. The van der Waals surface area contributed by atoms with Crippen LogP contribution in [0.2, 0.25) is 0 Å². The standard InChI is InChI=1S/C12H24O.C10H20O.C2H6/c1-3-5-8-12(9-6-10-12)11(13)7-4-2;1-2-6-10(11)9-7-4-3-5-8-9;1-2/h11,13H,3-10H2,1-2H3;9-11H,2-8H2,1H3;1-2H3. The van der Waals surface area contributed by atoms with E-state index in [9.17, 15) is 10.2 Å². The molecule has 0 radical (unpaired) electrons. The van der Waals surface area contributed by atoms with Crippen LogP contribution >= 0.6 is 0 Å². The van der Waals surface area contributed by atoms with Crippen molar-refractivity contribution in [2.24, 2.45) is 11.3 Å². The maximum absolute atomic E-state index is 10.0. The topological polar surface area (TPSA) is 40.5 Å². The zero-order chi connectivity index (χ0) is 19.8. The Kier molecular flexibility index (Phi) is 15.9. The average Bonchev–Trinajstić information content (AvgIpc) is 2.64. The first-order valence-corrected chi connectivity index (χ1v) is 12.0. The Morgan fingerprint density at radius 2 is 1.38 bits per heavy atom. The van der Waals surface area contributed by atoms with Crippen LogP contribution in [-0.2, 0) is 0 Å². The summed E-state index contributed by atoms with van der Waals surface area (Å²) in [4.78, 5) is 0. The van der Waals surface area contributed by atoms with Gasteiger partial charge in [0.25, 0.3) is 0 Å². The fraction of sp³-hybridized carbons (Fsp3) is 1.00. The number of aliphatic hydroxyl groups is 2. The zero-order valence-corrected chi connectivity index (χ0v) is 18.7. The lowest BCUT2D eigenvalue weighted by atomic mass is 9.61. The van der Waals surface area contributed by atoms with Crippen LogP contribution in [0.3, 0.4) is 0 Å². The second-order valence-electron chi connectivity index (χ2n) is 8.38. The Morgan fingerprint density at radius 3 is 1.81 bits per heavy atom. The summed E-state index contributed by atoms with van der Waals surface area (Å²) in [6, 6.07) is 0. The zero-order valence-electron chi connectivity index (χ0n) is 18.7. The second kappa shape index (κ2) is 15.9. The van der Waals surface area contributed by atoms with Gasteiger partial charge < -0.3 is 10.2 Å². The van der Waals surface area contributed by atoms with Crippen LogP contribution in [0.4, 0.5) is 0 Å². The molecule has 0 heterocycles. The molecule has 0 aliphatic heterocycles. The normalized spacial score (nSPS) is 21.3. The van der Waals surface area contributed by atoms with Crippen molar-refractivity contribution >= 4 is 0 Å². The summed E-state index contributed by atoms with van der Waals surface area (Å²) in [6.07, 6.45) is 18.5. The van der Waals surface area contributed by atoms with Gasteiger partial charge in [-0.2, -0.15) is 0 Å². The van der Waals surface area contributed by atoms with E-state index in [2.05, 4.69) is 20.8 Å². The number of hydrogen-bond donors (Lipinski definition) is 2. The van der Waals surface area contributed by atoms with Crippen LogP contribution in [-0.4, -0.2) is 22.4 Å². The van der Waals surface area contributed by atoms with Gasteiger partial charge in [-0.1, -0.05) is 86.0 Å². The Hall–Kier alpha value is -0.0800. The minimum atomic E-state index is -0.0159. The van der Waals surface area contributed by atoms with Crippen molar-refractivity contribution < 1.29 is 10.2 Å². The van der Waals surface area contributed by atoms with Crippen molar-refractivity contribution in [3.05, 3.63) is 0 Å². The van der Waals surface area contributed by atoms with E-state index in [-0.39, 0.29) is 12.2 Å². The maximum atomic E-state index is 10.0. The molecule has 2 atom stereocenters. The lowest BCUT2D eigenvalue weighted by Gasteiger charge is -2.46. The van der Waals surface area contributed by atoms with Gasteiger partial charge in [0.1, 0.15) is 0 Å². The highest BCUT2D eigenvalue weighted by molar-refractivity contribution is 4.93. The number of rotatable bonds is 9. The fourth-order valence-electron chi connectivity index (χ4n) is 4.54. The van der Waals surface area contributed by atoms with Crippen molar-refractivity contribution in [3.63, 3.8) is 0 Å².